The molecule has 0 N–H and O–H groups in total. The molecule has 17 heavy (non-hydrogen) atoms. The van der Waals surface area contributed by atoms with Crippen molar-refractivity contribution in [3.05, 3.63) is 10.4 Å². The highest BCUT2D eigenvalue weighted by atomic mass is 16.6. The van der Waals surface area contributed by atoms with Gasteiger partial charge in [0.05, 0.1) is 13.2 Å². The maximum atomic E-state index is 11.5. The summed E-state index contributed by atoms with van der Waals surface area (Å²) in [6.45, 7) is 4.00. The summed E-state index contributed by atoms with van der Waals surface area (Å²) in [6.07, 6.45) is 0.697. The number of rotatable bonds is 8. The van der Waals surface area contributed by atoms with Gasteiger partial charge >= 0.3 is 11.9 Å². The molecule has 0 rings (SSSR count). The van der Waals surface area contributed by atoms with Crippen LogP contribution >= 0.6 is 0 Å². The van der Waals surface area contributed by atoms with Gasteiger partial charge in [-0.15, -0.1) is 0 Å². The fourth-order valence-corrected chi connectivity index (χ4v) is 1.23. The molecule has 0 radical (unpaired) electrons. The van der Waals surface area contributed by atoms with Crippen LogP contribution in [0.3, 0.4) is 0 Å². The molecule has 7 nitrogen and oxygen atoms in total. The smallest absolute Gasteiger partial charge is 0.320 e. The maximum Gasteiger partial charge on any atom is 0.320 e. The molecule has 0 amide bonds. The second-order valence-corrected chi connectivity index (χ2v) is 3.15. The maximum absolute atomic E-state index is 11.5. The predicted molar refractivity (Wildman–Crippen MR) is 60.0 cm³/mol. The Bertz CT molecular complexity index is 282. The van der Waals surface area contributed by atoms with Gasteiger partial charge in [-0.1, -0.05) is 5.11 Å². The van der Waals surface area contributed by atoms with E-state index in [4.69, 9.17) is 15.0 Å². The molecular weight excluding hydrogens is 226 g/mol. The van der Waals surface area contributed by atoms with Gasteiger partial charge in [-0.2, -0.15) is 0 Å². The Morgan fingerprint density at radius 2 is 1.76 bits per heavy atom. The van der Waals surface area contributed by atoms with Gasteiger partial charge in [-0.05, 0) is 32.2 Å². The number of carbonyl (C=O) groups excluding carboxylic acids is 2. The van der Waals surface area contributed by atoms with E-state index in [2.05, 4.69) is 10.0 Å². The molecule has 0 heterocycles. The van der Waals surface area contributed by atoms with Gasteiger partial charge in [-0.3, -0.25) is 9.59 Å². The van der Waals surface area contributed by atoms with Crippen molar-refractivity contribution in [1.82, 2.24) is 0 Å². The number of carbonyl (C=O) groups is 2. The SMILES string of the molecule is CCOC(=O)C(CCCN=[N+]=[N-])C(=O)OCC. The summed E-state index contributed by atoms with van der Waals surface area (Å²) in [5, 5.41) is 3.33. The van der Waals surface area contributed by atoms with Crippen molar-refractivity contribution in [2.24, 2.45) is 11.0 Å². The van der Waals surface area contributed by atoms with E-state index in [0.717, 1.165) is 0 Å². The van der Waals surface area contributed by atoms with Crippen LogP contribution < -0.4 is 0 Å². The second-order valence-electron chi connectivity index (χ2n) is 3.15. The van der Waals surface area contributed by atoms with Crippen molar-refractivity contribution >= 4 is 11.9 Å². The van der Waals surface area contributed by atoms with Gasteiger partial charge in [0, 0.05) is 11.5 Å². The van der Waals surface area contributed by atoms with Crippen molar-refractivity contribution in [2.45, 2.75) is 26.7 Å². The lowest BCUT2D eigenvalue weighted by Gasteiger charge is -2.13. The highest BCUT2D eigenvalue weighted by Gasteiger charge is 2.28. The molecule has 0 unspecified atom stereocenters. The Hall–Kier alpha value is -1.75. The minimum Gasteiger partial charge on any atom is -0.465 e. The summed E-state index contributed by atoms with van der Waals surface area (Å²) in [5.41, 5.74) is 8.09. The van der Waals surface area contributed by atoms with Gasteiger partial charge < -0.3 is 9.47 Å². The molecule has 0 aromatic heterocycles. The van der Waals surface area contributed by atoms with Crippen molar-refractivity contribution in [3.63, 3.8) is 0 Å². The number of azide groups is 1. The third-order valence-corrected chi connectivity index (χ3v) is 1.96. The Labute approximate surface area is 99.7 Å². The van der Waals surface area contributed by atoms with Crippen LogP contribution in [0.1, 0.15) is 26.7 Å². The third kappa shape index (κ3) is 6.42. The lowest BCUT2D eigenvalue weighted by atomic mass is 10.0. The summed E-state index contributed by atoms with van der Waals surface area (Å²) < 4.78 is 9.57. The van der Waals surface area contributed by atoms with Crippen LogP contribution in [0.5, 0.6) is 0 Å². The molecule has 0 aromatic carbocycles. The quantitative estimate of drug-likeness (QED) is 0.162. The largest absolute Gasteiger partial charge is 0.465 e. The Morgan fingerprint density at radius 1 is 1.24 bits per heavy atom. The predicted octanol–water partition coefficient (Wildman–Crippen LogP) is 1.82. The fourth-order valence-electron chi connectivity index (χ4n) is 1.23. The molecule has 0 saturated carbocycles. The molecule has 96 valence electrons. The summed E-state index contributed by atoms with van der Waals surface area (Å²) in [4.78, 5) is 25.6. The first-order valence-electron chi connectivity index (χ1n) is 5.51. The topological polar surface area (TPSA) is 101 Å². The number of hydrogen-bond acceptors (Lipinski definition) is 5. The standard InChI is InChI=1S/C10H17N3O4/c1-3-16-9(14)8(10(15)17-4-2)6-5-7-12-13-11/h8H,3-7H2,1-2H3. The molecule has 0 aliphatic heterocycles. The molecular formula is C10H17N3O4. The molecule has 0 aliphatic carbocycles. The van der Waals surface area contributed by atoms with Crippen LogP contribution in [0.25, 0.3) is 10.4 Å². The second kappa shape index (κ2) is 9.47. The lowest BCUT2D eigenvalue weighted by molar-refractivity contribution is -0.161. The molecule has 0 saturated heterocycles. The summed E-state index contributed by atoms with van der Waals surface area (Å²) in [5.74, 6) is -2.11. The first-order chi connectivity index (χ1) is 8.17. The zero-order chi connectivity index (χ0) is 13.1. The van der Waals surface area contributed by atoms with Gasteiger partial charge in [0.1, 0.15) is 0 Å². The summed E-state index contributed by atoms with van der Waals surface area (Å²) >= 11 is 0. The summed E-state index contributed by atoms with van der Waals surface area (Å²) in [7, 11) is 0. The Kier molecular flexibility index (Phi) is 8.50. The summed E-state index contributed by atoms with van der Waals surface area (Å²) in [6, 6.07) is 0. The van der Waals surface area contributed by atoms with Gasteiger partial charge in [0.15, 0.2) is 5.92 Å². The van der Waals surface area contributed by atoms with Crippen LogP contribution in [-0.4, -0.2) is 31.7 Å². The minimum absolute atomic E-state index is 0.213. The molecule has 0 atom stereocenters. The minimum atomic E-state index is -0.927. The van der Waals surface area contributed by atoms with E-state index in [1.165, 1.54) is 0 Å². The van der Waals surface area contributed by atoms with E-state index < -0.39 is 17.9 Å². The first kappa shape index (κ1) is 15.2. The average molecular weight is 243 g/mol. The molecule has 0 bridgehead atoms. The van der Waals surface area contributed by atoms with Gasteiger partial charge in [0.2, 0.25) is 0 Å². The fraction of sp³-hybridized carbons (Fsp3) is 0.800. The number of esters is 2. The van der Waals surface area contributed by atoms with Crippen molar-refractivity contribution in [2.75, 3.05) is 19.8 Å². The zero-order valence-electron chi connectivity index (χ0n) is 10.1. The van der Waals surface area contributed by atoms with Crippen LogP contribution in [0.2, 0.25) is 0 Å². The number of hydrogen-bond donors (Lipinski definition) is 0. The Morgan fingerprint density at radius 3 is 2.18 bits per heavy atom. The zero-order valence-corrected chi connectivity index (χ0v) is 10.1. The van der Waals surface area contributed by atoms with Crippen molar-refractivity contribution in [1.29, 1.82) is 0 Å². The van der Waals surface area contributed by atoms with Crippen LogP contribution in [0, 0.1) is 5.92 Å². The average Bonchev–Trinajstić information content (AvgIpc) is 2.29. The van der Waals surface area contributed by atoms with E-state index in [1.54, 1.807) is 13.8 Å². The van der Waals surface area contributed by atoms with Crippen LogP contribution in [0.4, 0.5) is 0 Å². The third-order valence-electron chi connectivity index (χ3n) is 1.96. The van der Waals surface area contributed by atoms with Crippen LogP contribution in [0.15, 0.2) is 5.11 Å². The molecule has 0 aliphatic rings. The van der Waals surface area contributed by atoms with Gasteiger partial charge in [0.25, 0.3) is 0 Å². The van der Waals surface area contributed by atoms with E-state index in [9.17, 15) is 9.59 Å². The van der Waals surface area contributed by atoms with Crippen LogP contribution in [-0.2, 0) is 19.1 Å². The normalized spacial score (nSPS) is 9.59. The van der Waals surface area contributed by atoms with E-state index in [-0.39, 0.29) is 26.2 Å². The molecule has 0 spiro atoms. The Balaban J connectivity index is 4.33. The highest BCUT2D eigenvalue weighted by molar-refractivity contribution is 5.94. The highest BCUT2D eigenvalue weighted by Crippen LogP contribution is 2.11. The van der Waals surface area contributed by atoms with E-state index in [1.807, 2.05) is 0 Å². The van der Waals surface area contributed by atoms with Crippen molar-refractivity contribution < 1.29 is 19.1 Å². The van der Waals surface area contributed by atoms with Crippen molar-refractivity contribution in [3.8, 4) is 0 Å². The number of nitrogens with zero attached hydrogens (tertiary/aromatic N) is 3. The first-order valence-corrected chi connectivity index (χ1v) is 5.51. The molecule has 0 fully saturated rings. The lowest BCUT2D eigenvalue weighted by Crippen LogP contribution is -2.28. The van der Waals surface area contributed by atoms with E-state index >= 15 is 0 Å². The number of ether oxygens (including phenoxy) is 2. The monoisotopic (exact) mass is 243 g/mol. The van der Waals surface area contributed by atoms with E-state index in [0.29, 0.717) is 6.42 Å². The molecule has 7 heteroatoms. The molecule has 0 aromatic rings. The van der Waals surface area contributed by atoms with Gasteiger partial charge in [-0.25, -0.2) is 0 Å².